The van der Waals surface area contributed by atoms with Crippen LogP contribution in [0.4, 0.5) is 0 Å². The number of H-pyrrole nitrogens is 1. The Morgan fingerprint density at radius 1 is 1.36 bits per heavy atom. The zero-order valence-electron chi connectivity index (χ0n) is 13.2. The van der Waals surface area contributed by atoms with Crippen molar-refractivity contribution >= 4 is 27.3 Å². The molecular formula is C18H14N4O2S. The van der Waals surface area contributed by atoms with Gasteiger partial charge >= 0.3 is 0 Å². The van der Waals surface area contributed by atoms with Crippen LogP contribution in [0.1, 0.15) is 32.9 Å². The molecule has 1 N–H and O–H groups in total. The van der Waals surface area contributed by atoms with Crippen molar-refractivity contribution in [2.24, 2.45) is 0 Å². The summed E-state index contributed by atoms with van der Waals surface area (Å²) < 4.78 is 6.44. The van der Waals surface area contributed by atoms with E-state index >= 15 is 0 Å². The lowest BCUT2D eigenvalue weighted by Crippen LogP contribution is -2.40. The maximum Gasteiger partial charge on any atom is 0.292 e. The van der Waals surface area contributed by atoms with Gasteiger partial charge in [0.1, 0.15) is 6.04 Å². The van der Waals surface area contributed by atoms with Crippen LogP contribution < -0.4 is 0 Å². The van der Waals surface area contributed by atoms with Crippen molar-refractivity contribution < 1.29 is 9.21 Å². The summed E-state index contributed by atoms with van der Waals surface area (Å²) in [6, 6.07) is 10.2. The van der Waals surface area contributed by atoms with Crippen molar-refractivity contribution in [1.82, 2.24) is 19.9 Å². The lowest BCUT2D eigenvalue weighted by atomic mass is 10.0. The Kier molecular flexibility index (Phi) is 3.21. The Labute approximate surface area is 147 Å². The normalized spacial score (nSPS) is 17.0. The molecule has 124 valence electrons. The zero-order valence-corrected chi connectivity index (χ0v) is 14.0. The molecule has 25 heavy (non-hydrogen) atoms. The SMILES string of the molecule is O=C(c1cnco1)N1CCc2[nH]cnc2C1c1cc2ccccc2s1. The summed E-state index contributed by atoms with van der Waals surface area (Å²) in [6.45, 7) is 0.605. The van der Waals surface area contributed by atoms with E-state index in [2.05, 4.69) is 33.2 Å². The molecule has 3 aromatic heterocycles. The number of carbonyl (C=O) groups is 1. The van der Waals surface area contributed by atoms with Crippen LogP contribution >= 0.6 is 11.3 Å². The number of imidazole rings is 1. The Bertz CT molecular complexity index is 1020. The second-order valence-electron chi connectivity index (χ2n) is 5.97. The Hall–Kier alpha value is -2.93. The highest BCUT2D eigenvalue weighted by Gasteiger charge is 2.36. The standard InChI is InChI=1S/C18H14N4O2S/c23-18(13-8-19-10-24-13)22-6-5-12-16(21-9-20-12)17(22)15-7-11-3-1-2-4-14(11)25-15/h1-4,7-10,17H,5-6H2,(H,20,21). The number of thiophene rings is 1. The summed E-state index contributed by atoms with van der Waals surface area (Å²) in [5.74, 6) is 0.0960. The number of nitrogens with zero attached hydrogens (tertiary/aromatic N) is 3. The van der Waals surface area contributed by atoms with Gasteiger partial charge in [-0.05, 0) is 17.5 Å². The van der Waals surface area contributed by atoms with Gasteiger partial charge in [-0.2, -0.15) is 0 Å². The molecule has 0 spiro atoms. The lowest BCUT2D eigenvalue weighted by Gasteiger charge is -2.33. The number of rotatable bonds is 2. The van der Waals surface area contributed by atoms with Crippen molar-refractivity contribution in [2.75, 3.05) is 6.54 Å². The fraction of sp³-hybridized carbons (Fsp3) is 0.167. The Balaban J connectivity index is 1.64. The maximum absolute atomic E-state index is 13.0. The summed E-state index contributed by atoms with van der Waals surface area (Å²) in [4.78, 5) is 27.5. The van der Waals surface area contributed by atoms with E-state index < -0.39 is 0 Å². The van der Waals surface area contributed by atoms with Gasteiger partial charge in [-0.25, -0.2) is 9.97 Å². The molecule has 1 aliphatic heterocycles. The molecule has 4 heterocycles. The van der Waals surface area contributed by atoms with Crippen molar-refractivity contribution in [2.45, 2.75) is 12.5 Å². The molecule has 4 aromatic rings. The number of hydrogen-bond acceptors (Lipinski definition) is 5. The van der Waals surface area contributed by atoms with Crippen LogP contribution in [0, 0.1) is 0 Å². The van der Waals surface area contributed by atoms with Crippen molar-refractivity contribution in [3.63, 3.8) is 0 Å². The summed E-state index contributed by atoms with van der Waals surface area (Å²) in [5, 5.41) is 1.18. The van der Waals surface area contributed by atoms with Crippen LogP contribution in [0.25, 0.3) is 10.1 Å². The molecule has 1 amide bonds. The second kappa shape index (κ2) is 5.56. The summed E-state index contributed by atoms with van der Waals surface area (Å²) >= 11 is 1.70. The molecule has 0 radical (unpaired) electrons. The average molecular weight is 350 g/mol. The fourth-order valence-corrected chi connectivity index (χ4v) is 4.57. The Morgan fingerprint density at radius 2 is 2.28 bits per heavy atom. The van der Waals surface area contributed by atoms with Gasteiger partial charge in [-0.3, -0.25) is 4.79 Å². The minimum atomic E-state index is -0.218. The van der Waals surface area contributed by atoms with E-state index in [4.69, 9.17) is 4.42 Å². The van der Waals surface area contributed by atoms with Crippen LogP contribution in [0.15, 0.2) is 53.7 Å². The molecule has 1 aromatic carbocycles. The molecule has 6 nitrogen and oxygen atoms in total. The molecule has 7 heteroatoms. The molecule has 1 aliphatic rings. The van der Waals surface area contributed by atoms with E-state index in [1.54, 1.807) is 17.7 Å². The molecule has 0 saturated heterocycles. The van der Waals surface area contributed by atoms with Gasteiger partial charge in [0.05, 0.1) is 18.2 Å². The van der Waals surface area contributed by atoms with E-state index in [-0.39, 0.29) is 17.7 Å². The third kappa shape index (κ3) is 2.27. The molecule has 0 bridgehead atoms. The van der Waals surface area contributed by atoms with Crippen LogP contribution in [-0.4, -0.2) is 32.3 Å². The fourth-order valence-electron chi connectivity index (χ4n) is 3.38. The first-order valence-corrected chi connectivity index (χ1v) is 8.83. The summed E-state index contributed by atoms with van der Waals surface area (Å²) in [6.07, 6.45) is 5.19. The first-order valence-electron chi connectivity index (χ1n) is 8.01. The van der Waals surface area contributed by atoms with Gasteiger partial charge in [0.2, 0.25) is 5.76 Å². The first-order chi connectivity index (χ1) is 12.3. The van der Waals surface area contributed by atoms with Gasteiger partial charge < -0.3 is 14.3 Å². The van der Waals surface area contributed by atoms with Crippen LogP contribution in [0.2, 0.25) is 0 Å². The van der Waals surface area contributed by atoms with E-state index in [9.17, 15) is 4.79 Å². The predicted molar refractivity (Wildman–Crippen MR) is 93.5 cm³/mol. The van der Waals surface area contributed by atoms with E-state index in [1.807, 2.05) is 17.0 Å². The van der Waals surface area contributed by atoms with Crippen LogP contribution in [0.5, 0.6) is 0 Å². The number of fused-ring (bicyclic) bond motifs is 2. The van der Waals surface area contributed by atoms with Crippen molar-refractivity contribution in [3.8, 4) is 0 Å². The van der Waals surface area contributed by atoms with Crippen molar-refractivity contribution in [3.05, 3.63) is 71.3 Å². The van der Waals surface area contributed by atoms with E-state index in [1.165, 1.54) is 22.7 Å². The highest BCUT2D eigenvalue weighted by Crippen LogP contribution is 2.39. The molecule has 1 unspecified atom stereocenters. The number of nitrogens with one attached hydrogen (secondary N) is 1. The first kappa shape index (κ1) is 14.4. The van der Waals surface area contributed by atoms with Crippen LogP contribution in [-0.2, 0) is 6.42 Å². The number of carbonyl (C=O) groups excluding carboxylic acids is 1. The van der Waals surface area contributed by atoms with Crippen molar-refractivity contribution in [1.29, 1.82) is 0 Å². The van der Waals surface area contributed by atoms with Gasteiger partial charge in [0.25, 0.3) is 5.91 Å². The third-order valence-corrected chi connectivity index (χ3v) is 5.71. The number of aromatic amines is 1. The zero-order chi connectivity index (χ0) is 16.8. The maximum atomic E-state index is 13.0. The molecule has 0 aliphatic carbocycles. The number of oxazole rings is 1. The average Bonchev–Trinajstić information content (AvgIpc) is 3.39. The molecule has 1 atom stereocenters. The van der Waals surface area contributed by atoms with Crippen LogP contribution in [0.3, 0.4) is 0 Å². The molecular weight excluding hydrogens is 336 g/mol. The number of hydrogen-bond donors (Lipinski definition) is 1. The van der Waals surface area contributed by atoms with E-state index in [0.29, 0.717) is 6.54 Å². The highest BCUT2D eigenvalue weighted by molar-refractivity contribution is 7.19. The van der Waals surface area contributed by atoms with Gasteiger partial charge in [0.15, 0.2) is 6.39 Å². The lowest BCUT2D eigenvalue weighted by molar-refractivity contribution is 0.0660. The molecule has 5 rings (SSSR count). The summed E-state index contributed by atoms with van der Waals surface area (Å²) in [5.41, 5.74) is 2.00. The minimum Gasteiger partial charge on any atom is -0.438 e. The molecule has 0 fully saturated rings. The molecule has 0 saturated carbocycles. The quantitative estimate of drug-likeness (QED) is 0.601. The topological polar surface area (TPSA) is 75.0 Å². The number of amides is 1. The largest absolute Gasteiger partial charge is 0.438 e. The predicted octanol–water partition coefficient (Wildman–Crippen LogP) is 3.40. The summed E-state index contributed by atoms with van der Waals surface area (Å²) in [7, 11) is 0. The minimum absolute atomic E-state index is 0.159. The van der Waals surface area contributed by atoms with Gasteiger partial charge in [-0.15, -0.1) is 11.3 Å². The smallest absolute Gasteiger partial charge is 0.292 e. The van der Waals surface area contributed by atoms with Gasteiger partial charge in [-0.1, -0.05) is 18.2 Å². The number of aromatic nitrogens is 3. The third-order valence-electron chi connectivity index (χ3n) is 4.54. The van der Waals surface area contributed by atoms with E-state index in [0.717, 1.165) is 22.7 Å². The van der Waals surface area contributed by atoms with Gasteiger partial charge in [0, 0.05) is 28.2 Å². The second-order valence-corrected chi connectivity index (χ2v) is 7.09. The Morgan fingerprint density at radius 3 is 3.12 bits per heavy atom. The highest BCUT2D eigenvalue weighted by atomic mass is 32.1. The number of benzene rings is 1. The monoisotopic (exact) mass is 350 g/mol.